The smallest absolute Gasteiger partial charge is 0.222 e. The Hall–Kier alpha value is -0.610. The minimum absolute atomic E-state index is 0.265. The van der Waals surface area contributed by atoms with E-state index in [4.69, 9.17) is 5.73 Å². The van der Waals surface area contributed by atoms with Gasteiger partial charge in [-0.1, -0.05) is 19.8 Å². The second kappa shape index (κ2) is 6.90. The summed E-state index contributed by atoms with van der Waals surface area (Å²) in [6, 6.07) is 0. The molecule has 0 aromatic carbocycles. The molecule has 2 fully saturated rings. The normalized spacial score (nSPS) is 31.8. The fourth-order valence-electron chi connectivity index (χ4n) is 3.75. The number of carbonyl (C=O) groups excluding carboxylic acids is 1. The lowest BCUT2D eigenvalue weighted by atomic mass is 9.71. The van der Waals surface area contributed by atoms with Crippen molar-refractivity contribution in [2.75, 3.05) is 19.6 Å². The zero-order valence-electron chi connectivity index (χ0n) is 12.8. The van der Waals surface area contributed by atoms with E-state index in [2.05, 4.69) is 6.92 Å². The largest absolute Gasteiger partial charge is 0.389 e. The van der Waals surface area contributed by atoms with Gasteiger partial charge in [0.2, 0.25) is 5.91 Å². The molecule has 1 saturated carbocycles. The first kappa shape index (κ1) is 15.8. The SMILES string of the molecule is CC(CCN)CCC(=O)N1CCC2(O)CCCCC2C1. The maximum atomic E-state index is 12.3. The van der Waals surface area contributed by atoms with Crippen molar-refractivity contribution in [3.8, 4) is 0 Å². The van der Waals surface area contributed by atoms with Crippen molar-refractivity contribution < 1.29 is 9.90 Å². The van der Waals surface area contributed by atoms with E-state index in [-0.39, 0.29) is 5.91 Å². The number of rotatable bonds is 5. The molecule has 4 heteroatoms. The molecule has 1 aliphatic heterocycles. The zero-order chi connectivity index (χ0) is 14.6. The van der Waals surface area contributed by atoms with Gasteiger partial charge in [0.05, 0.1) is 5.60 Å². The van der Waals surface area contributed by atoms with Crippen molar-refractivity contribution in [1.29, 1.82) is 0 Å². The van der Waals surface area contributed by atoms with Gasteiger partial charge in [-0.15, -0.1) is 0 Å². The second-order valence-electron chi connectivity index (χ2n) is 6.86. The van der Waals surface area contributed by atoms with Gasteiger partial charge in [-0.2, -0.15) is 0 Å². The summed E-state index contributed by atoms with van der Waals surface area (Å²) in [5, 5.41) is 10.6. The highest BCUT2D eigenvalue weighted by Crippen LogP contribution is 2.39. The molecule has 0 bridgehead atoms. The molecule has 4 nitrogen and oxygen atoms in total. The number of likely N-dealkylation sites (tertiary alicyclic amines) is 1. The summed E-state index contributed by atoms with van der Waals surface area (Å²) in [6.07, 6.45) is 7.66. The summed E-state index contributed by atoms with van der Waals surface area (Å²) in [5.41, 5.74) is 5.06. The average Bonchev–Trinajstić information content (AvgIpc) is 2.44. The van der Waals surface area contributed by atoms with Crippen LogP contribution in [0.15, 0.2) is 0 Å². The molecule has 0 aromatic heterocycles. The molecule has 1 saturated heterocycles. The predicted octanol–water partition coefficient (Wildman–Crippen LogP) is 1.91. The molecular weight excluding hydrogens is 252 g/mol. The quantitative estimate of drug-likeness (QED) is 0.809. The molecule has 3 N–H and O–H groups in total. The Bertz CT molecular complexity index is 334. The first-order valence-electron chi connectivity index (χ1n) is 8.25. The van der Waals surface area contributed by atoms with E-state index in [0.717, 1.165) is 51.6 Å². The van der Waals surface area contributed by atoms with Crippen molar-refractivity contribution in [2.45, 2.75) is 63.9 Å². The van der Waals surface area contributed by atoms with Crippen molar-refractivity contribution in [3.63, 3.8) is 0 Å². The third-order valence-corrected chi connectivity index (χ3v) is 5.29. The standard InChI is InChI=1S/C16H30N2O2/c1-13(7-10-17)5-6-15(19)18-11-9-16(20)8-3-2-4-14(16)12-18/h13-14,20H,2-12,17H2,1H3. The topological polar surface area (TPSA) is 66.6 Å². The third-order valence-electron chi connectivity index (χ3n) is 5.29. The Morgan fingerprint density at radius 3 is 2.95 bits per heavy atom. The van der Waals surface area contributed by atoms with Gasteiger partial charge < -0.3 is 15.7 Å². The highest BCUT2D eigenvalue weighted by atomic mass is 16.3. The molecule has 0 radical (unpaired) electrons. The van der Waals surface area contributed by atoms with Crippen molar-refractivity contribution >= 4 is 5.91 Å². The van der Waals surface area contributed by atoms with Crippen LogP contribution in [0, 0.1) is 11.8 Å². The van der Waals surface area contributed by atoms with E-state index >= 15 is 0 Å². The van der Waals surface area contributed by atoms with E-state index < -0.39 is 5.60 Å². The van der Waals surface area contributed by atoms with Gasteiger partial charge in [0.1, 0.15) is 0 Å². The molecule has 0 spiro atoms. The Morgan fingerprint density at radius 1 is 1.40 bits per heavy atom. The maximum Gasteiger partial charge on any atom is 0.222 e. The minimum Gasteiger partial charge on any atom is -0.389 e. The molecule has 2 aliphatic rings. The summed E-state index contributed by atoms with van der Waals surface area (Å²) in [4.78, 5) is 14.3. The predicted molar refractivity (Wildman–Crippen MR) is 80.2 cm³/mol. The molecule has 3 atom stereocenters. The van der Waals surface area contributed by atoms with Gasteiger partial charge in [-0.25, -0.2) is 0 Å². The molecule has 1 aliphatic carbocycles. The molecule has 1 heterocycles. The van der Waals surface area contributed by atoms with E-state index in [0.29, 0.717) is 24.8 Å². The molecular formula is C16H30N2O2. The fourth-order valence-corrected chi connectivity index (χ4v) is 3.75. The number of carbonyl (C=O) groups is 1. The first-order chi connectivity index (χ1) is 9.55. The number of amides is 1. The van der Waals surface area contributed by atoms with Gasteiger partial charge >= 0.3 is 0 Å². The van der Waals surface area contributed by atoms with Crippen LogP contribution in [-0.2, 0) is 4.79 Å². The number of aliphatic hydroxyl groups is 1. The lowest BCUT2D eigenvalue weighted by Gasteiger charge is -2.47. The van der Waals surface area contributed by atoms with E-state index in [1.54, 1.807) is 0 Å². The molecule has 0 aromatic rings. The maximum absolute atomic E-state index is 12.3. The Labute approximate surface area is 122 Å². The van der Waals surface area contributed by atoms with Gasteiger partial charge in [-0.3, -0.25) is 4.79 Å². The summed E-state index contributed by atoms with van der Waals surface area (Å²) >= 11 is 0. The first-order valence-corrected chi connectivity index (χ1v) is 8.25. The van der Waals surface area contributed by atoms with Crippen LogP contribution in [0.5, 0.6) is 0 Å². The summed E-state index contributed by atoms with van der Waals surface area (Å²) in [7, 11) is 0. The Morgan fingerprint density at radius 2 is 2.20 bits per heavy atom. The summed E-state index contributed by atoms with van der Waals surface area (Å²) in [5.74, 6) is 1.09. The third kappa shape index (κ3) is 3.73. The second-order valence-corrected chi connectivity index (χ2v) is 6.86. The molecule has 116 valence electrons. The number of nitrogens with two attached hydrogens (primary N) is 1. The summed E-state index contributed by atoms with van der Waals surface area (Å²) < 4.78 is 0. The molecule has 1 amide bonds. The lowest BCUT2D eigenvalue weighted by Crippen LogP contribution is -2.54. The van der Waals surface area contributed by atoms with Crippen LogP contribution < -0.4 is 5.73 Å². The molecule has 2 rings (SSSR count). The van der Waals surface area contributed by atoms with Crippen LogP contribution in [0.3, 0.4) is 0 Å². The van der Waals surface area contributed by atoms with Gasteiger partial charge in [0, 0.05) is 25.4 Å². The molecule has 20 heavy (non-hydrogen) atoms. The van der Waals surface area contributed by atoms with Crippen molar-refractivity contribution in [3.05, 3.63) is 0 Å². The van der Waals surface area contributed by atoms with Crippen LogP contribution in [0.2, 0.25) is 0 Å². The van der Waals surface area contributed by atoms with Gasteiger partial charge in [0.25, 0.3) is 0 Å². The van der Waals surface area contributed by atoms with Crippen molar-refractivity contribution in [1.82, 2.24) is 4.90 Å². The molecule has 3 unspecified atom stereocenters. The minimum atomic E-state index is -0.484. The van der Waals surface area contributed by atoms with Gasteiger partial charge in [-0.05, 0) is 44.6 Å². The Kier molecular flexibility index (Phi) is 5.44. The van der Waals surface area contributed by atoms with E-state index in [1.165, 1.54) is 6.42 Å². The fraction of sp³-hybridized carbons (Fsp3) is 0.938. The van der Waals surface area contributed by atoms with Crippen LogP contribution >= 0.6 is 0 Å². The lowest BCUT2D eigenvalue weighted by molar-refractivity contribution is -0.143. The van der Waals surface area contributed by atoms with Crippen LogP contribution in [0.1, 0.15) is 58.3 Å². The van der Waals surface area contributed by atoms with E-state index in [9.17, 15) is 9.90 Å². The van der Waals surface area contributed by atoms with Crippen LogP contribution in [0.4, 0.5) is 0 Å². The highest BCUT2D eigenvalue weighted by molar-refractivity contribution is 5.76. The average molecular weight is 282 g/mol. The van der Waals surface area contributed by atoms with E-state index in [1.807, 2.05) is 4.90 Å². The number of hydrogen-bond donors (Lipinski definition) is 2. The zero-order valence-corrected chi connectivity index (χ0v) is 12.8. The number of nitrogens with zero attached hydrogens (tertiary/aromatic N) is 1. The number of hydrogen-bond acceptors (Lipinski definition) is 3. The highest BCUT2D eigenvalue weighted by Gasteiger charge is 2.43. The van der Waals surface area contributed by atoms with Crippen LogP contribution in [-0.4, -0.2) is 41.1 Å². The van der Waals surface area contributed by atoms with Gasteiger partial charge in [0.15, 0.2) is 0 Å². The number of fused-ring (bicyclic) bond motifs is 1. The monoisotopic (exact) mass is 282 g/mol. The number of piperidine rings is 1. The Balaban J connectivity index is 1.80. The van der Waals surface area contributed by atoms with Crippen LogP contribution in [0.25, 0.3) is 0 Å². The van der Waals surface area contributed by atoms with Crippen molar-refractivity contribution in [2.24, 2.45) is 17.6 Å². The summed E-state index contributed by atoms with van der Waals surface area (Å²) in [6.45, 7) is 4.36.